The third-order valence-electron chi connectivity index (χ3n) is 6.87. The molecule has 0 spiro atoms. The average Bonchev–Trinajstić information content (AvgIpc) is 3.61. The van der Waals surface area contributed by atoms with E-state index in [1.54, 1.807) is 30.5 Å². The molecule has 0 amide bonds. The van der Waals surface area contributed by atoms with E-state index in [0.717, 1.165) is 11.1 Å². The van der Waals surface area contributed by atoms with E-state index in [-0.39, 0.29) is 5.92 Å². The molecule has 2 aliphatic carbocycles. The molecule has 9 nitrogen and oxygen atoms in total. The van der Waals surface area contributed by atoms with E-state index in [9.17, 15) is 24.6 Å². The van der Waals surface area contributed by atoms with E-state index in [4.69, 9.17) is 4.74 Å². The Labute approximate surface area is 188 Å². The number of esters is 1. The molecule has 2 N–H and O–H groups in total. The van der Waals surface area contributed by atoms with Crippen LogP contribution in [0.1, 0.15) is 17.2 Å². The number of carbonyl (C=O) groups is 3. The molecule has 0 aliphatic heterocycles. The van der Waals surface area contributed by atoms with E-state index in [2.05, 4.69) is 10.3 Å². The van der Waals surface area contributed by atoms with Crippen molar-refractivity contribution in [2.45, 2.75) is 17.9 Å². The van der Waals surface area contributed by atoms with Crippen molar-refractivity contribution in [3.63, 3.8) is 0 Å². The molecular weight excluding hydrogens is 426 g/mol. The lowest BCUT2D eigenvalue weighted by atomic mass is 9.89. The molecule has 3 atom stereocenters. The highest BCUT2D eigenvalue weighted by Gasteiger charge is 2.92. The average molecular weight is 447 g/mol. The van der Waals surface area contributed by atoms with Crippen molar-refractivity contribution in [3.05, 3.63) is 71.9 Å². The molecule has 0 radical (unpaired) electrons. The van der Waals surface area contributed by atoms with Gasteiger partial charge in [0.1, 0.15) is 5.69 Å². The van der Waals surface area contributed by atoms with Gasteiger partial charge in [0, 0.05) is 17.4 Å². The monoisotopic (exact) mass is 447 g/mol. The number of aliphatic carboxylic acids is 2. The van der Waals surface area contributed by atoms with Crippen molar-refractivity contribution in [3.8, 4) is 11.3 Å². The summed E-state index contributed by atoms with van der Waals surface area (Å²) in [5, 5.41) is 27.1. The zero-order valence-corrected chi connectivity index (χ0v) is 17.7. The normalized spacial score (nSPS) is 25.5. The maximum atomic E-state index is 12.4. The molecule has 2 aliphatic rings. The fourth-order valence-corrected chi connectivity index (χ4v) is 5.15. The van der Waals surface area contributed by atoms with Gasteiger partial charge in [0.2, 0.25) is 0 Å². The van der Waals surface area contributed by atoms with Gasteiger partial charge in [-0.05, 0) is 17.0 Å². The maximum Gasteiger partial charge on any atom is 0.331 e. The number of aromatic nitrogens is 3. The molecule has 9 heteroatoms. The molecule has 2 saturated carbocycles. The Morgan fingerprint density at radius 1 is 1.03 bits per heavy atom. The summed E-state index contributed by atoms with van der Waals surface area (Å²) in [5.41, 5.74) is 2.12. The first-order valence-corrected chi connectivity index (χ1v) is 10.5. The van der Waals surface area contributed by atoms with Gasteiger partial charge in [0.25, 0.3) is 0 Å². The van der Waals surface area contributed by atoms with Crippen LogP contribution in [-0.4, -0.2) is 50.2 Å². The van der Waals surface area contributed by atoms with Gasteiger partial charge in [0.05, 0.1) is 25.1 Å². The van der Waals surface area contributed by atoms with E-state index in [0.29, 0.717) is 17.7 Å². The third-order valence-corrected chi connectivity index (χ3v) is 6.87. The number of methoxy groups -OCH3 is 1. The Hall–Kier alpha value is -4.01. The highest BCUT2D eigenvalue weighted by molar-refractivity contribution is 5.93. The fraction of sp³-hybridized carbons (Fsp3) is 0.292. The Bertz CT molecular complexity index is 1210. The van der Waals surface area contributed by atoms with Crippen molar-refractivity contribution >= 4 is 17.9 Å². The van der Waals surface area contributed by atoms with Crippen molar-refractivity contribution in [2.75, 3.05) is 7.11 Å². The van der Waals surface area contributed by atoms with Gasteiger partial charge in [-0.1, -0.05) is 59.8 Å². The summed E-state index contributed by atoms with van der Waals surface area (Å²) >= 11 is 0. The first-order valence-electron chi connectivity index (χ1n) is 10.5. The quantitative estimate of drug-likeness (QED) is 0.502. The summed E-state index contributed by atoms with van der Waals surface area (Å²) in [7, 11) is 1.33. The minimum Gasteiger partial charge on any atom is -0.481 e. The lowest BCUT2D eigenvalue weighted by Crippen LogP contribution is -2.25. The molecule has 5 rings (SSSR count). The third kappa shape index (κ3) is 3.19. The van der Waals surface area contributed by atoms with Gasteiger partial charge >= 0.3 is 17.9 Å². The van der Waals surface area contributed by atoms with Crippen LogP contribution in [0.3, 0.4) is 0 Å². The molecule has 33 heavy (non-hydrogen) atoms. The van der Waals surface area contributed by atoms with Gasteiger partial charge < -0.3 is 14.9 Å². The van der Waals surface area contributed by atoms with Crippen molar-refractivity contribution < 1.29 is 29.3 Å². The van der Waals surface area contributed by atoms with Gasteiger partial charge in [0.15, 0.2) is 6.04 Å². The van der Waals surface area contributed by atoms with Crippen LogP contribution in [0.5, 0.6) is 0 Å². The maximum absolute atomic E-state index is 12.4. The first-order chi connectivity index (χ1) is 15.9. The second-order valence-corrected chi connectivity index (χ2v) is 8.48. The molecule has 0 unspecified atom stereocenters. The lowest BCUT2D eigenvalue weighted by Gasteiger charge is -2.14. The Morgan fingerprint density at radius 2 is 1.67 bits per heavy atom. The molecule has 1 heterocycles. The standard InChI is InChI=1S/C24H21N3O6/c1-33-23(32)17(11-13-5-3-2-4-6-13)27-12-16(25-26-27)14-7-9-15(10-8-14)24-18(19(24)21(28)29)20(24)22(30)31/h2-10,12,17-20H,11H2,1H3,(H,28,29)(H,30,31)/t17-,18?,19-,20-,24?/m0/s1. The lowest BCUT2D eigenvalue weighted by molar-refractivity contribution is -0.146. The molecule has 1 aromatic heterocycles. The summed E-state index contributed by atoms with van der Waals surface area (Å²) in [6, 6.07) is 15.9. The Kier molecular flexibility index (Phi) is 4.77. The Morgan fingerprint density at radius 3 is 2.24 bits per heavy atom. The zero-order chi connectivity index (χ0) is 23.3. The van der Waals surface area contributed by atoms with Crippen LogP contribution in [-0.2, 0) is 31.0 Å². The van der Waals surface area contributed by atoms with Crippen LogP contribution < -0.4 is 0 Å². The predicted octanol–water partition coefficient (Wildman–Crippen LogP) is 2.18. The van der Waals surface area contributed by atoms with Gasteiger partial charge in [-0.2, -0.15) is 0 Å². The van der Waals surface area contributed by atoms with Gasteiger partial charge in [-0.3, -0.25) is 9.59 Å². The minimum atomic E-state index is -0.961. The van der Waals surface area contributed by atoms with Crippen LogP contribution in [0, 0.1) is 17.8 Å². The highest BCUT2D eigenvalue weighted by Crippen LogP contribution is 2.83. The van der Waals surface area contributed by atoms with Crippen LogP contribution in [0.4, 0.5) is 0 Å². The van der Waals surface area contributed by atoms with E-state index < -0.39 is 41.2 Å². The number of ether oxygens (including phenoxy) is 1. The second-order valence-electron chi connectivity index (χ2n) is 8.48. The van der Waals surface area contributed by atoms with E-state index >= 15 is 0 Å². The Balaban J connectivity index is 1.38. The largest absolute Gasteiger partial charge is 0.481 e. The number of fused-ring (bicyclic) bond motifs is 1. The molecular formula is C24H21N3O6. The second kappa shape index (κ2) is 7.54. The van der Waals surface area contributed by atoms with E-state index in [1.165, 1.54) is 11.8 Å². The van der Waals surface area contributed by atoms with Crippen molar-refractivity contribution in [1.29, 1.82) is 0 Å². The predicted molar refractivity (Wildman–Crippen MR) is 114 cm³/mol. The molecule has 168 valence electrons. The fourth-order valence-electron chi connectivity index (χ4n) is 5.15. The molecule has 0 saturated heterocycles. The van der Waals surface area contributed by atoms with Crippen LogP contribution in [0.25, 0.3) is 11.3 Å². The molecule has 0 bridgehead atoms. The SMILES string of the molecule is COC(=O)[C@H](Cc1ccccc1)n1cc(-c2ccc(C34C([C@H]3C(=O)O)[C@H]4C(=O)O)cc2)nn1. The minimum absolute atomic E-state index is 0.349. The topological polar surface area (TPSA) is 132 Å². The summed E-state index contributed by atoms with van der Waals surface area (Å²) in [6.07, 6.45) is 2.06. The summed E-state index contributed by atoms with van der Waals surface area (Å²) < 4.78 is 6.43. The smallest absolute Gasteiger partial charge is 0.331 e. The summed E-state index contributed by atoms with van der Waals surface area (Å²) in [6.45, 7) is 0. The van der Waals surface area contributed by atoms with Crippen LogP contribution in [0.2, 0.25) is 0 Å². The van der Waals surface area contributed by atoms with Crippen LogP contribution >= 0.6 is 0 Å². The summed E-state index contributed by atoms with van der Waals surface area (Å²) in [5.74, 6) is -4.00. The number of rotatable bonds is 8. The molecule has 2 aromatic carbocycles. The number of carboxylic acids is 2. The number of hydrogen-bond donors (Lipinski definition) is 2. The number of carboxylic acid groups (broad SMARTS) is 2. The highest BCUT2D eigenvalue weighted by atomic mass is 16.5. The van der Waals surface area contributed by atoms with Crippen molar-refractivity contribution in [1.82, 2.24) is 15.0 Å². The number of benzene rings is 2. The number of carbonyl (C=O) groups excluding carboxylic acids is 1. The van der Waals surface area contributed by atoms with Gasteiger partial charge in [-0.25, -0.2) is 9.48 Å². The van der Waals surface area contributed by atoms with E-state index in [1.807, 2.05) is 30.3 Å². The first kappa shape index (κ1) is 20.9. The van der Waals surface area contributed by atoms with Gasteiger partial charge in [-0.15, -0.1) is 5.10 Å². The van der Waals surface area contributed by atoms with Crippen LogP contribution in [0.15, 0.2) is 60.8 Å². The molecule has 3 aromatic rings. The summed E-state index contributed by atoms with van der Waals surface area (Å²) in [4.78, 5) is 35.3. The number of nitrogens with zero attached hydrogens (tertiary/aromatic N) is 3. The zero-order valence-electron chi connectivity index (χ0n) is 17.7. The van der Waals surface area contributed by atoms with Crippen molar-refractivity contribution in [2.24, 2.45) is 17.8 Å². The number of hydrogen-bond acceptors (Lipinski definition) is 6. The molecule has 2 fully saturated rings.